The van der Waals surface area contributed by atoms with E-state index in [0.717, 1.165) is 19.3 Å². The van der Waals surface area contributed by atoms with Crippen LogP contribution in [0.3, 0.4) is 0 Å². The first kappa shape index (κ1) is 15.3. The summed E-state index contributed by atoms with van der Waals surface area (Å²) in [5, 5.41) is 0. The largest absolute Gasteiger partial charge is 0.466 e. The molecule has 0 radical (unpaired) electrons. The predicted molar refractivity (Wildman–Crippen MR) is 63.7 cm³/mol. The molecule has 4 nitrogen and oxygen atoms in total. The van der Waals surface area contributed by atoms with Crippen LogP contribution in [-0.4, -0.2) is 34.1 Å². The van der Waals surface area contributed by atoms with Crippen molar-refractivity contribution in [3.8, 4) is 0 Å². The molecule has 0 saturated carbocycles. The lowest BCUT2D eigenvalue weighted by Crippen LogP contribution is -2.18. The van der Waals surface area contributed by atoms with Crippen LogP contribution in [0.25, 0.3) is 0 Å². The number of unbranched alkanes of at least 4 members (excludes halogenated alkanes) is 2. The van der Waals surface area contributed by atoms with Crippen LogP contribution in [0.2, 0.25) is 0 Å². The second-order valence-electron chi connectivity index (χ2n) is 3.52. The zero-order chi connectivity index (χ0) is 12.4. The van der Waals surface area contributed by atoms with Gasteiger partial charge < -0.3 is 4.74 Å². The van der Waals surface area contributed by atoms with Gasteiger partial charge in [0.2, 0.25) is 0 Å². The maximum Gasteiger partial charge on any atom is 0.313 e. The van der Waals surface area contributed by atoms with Crippen LogP contribution >= 0.6 is 0 Å². The first-order valence-electron chi connectivity index (χ1n) is 5.62. The molecule has 0 N–H and O–H groups in total. The minimum atomic E-state index is -1.13. The summed E-state index contributed by atoms with van der Waals surface area (Å²) in [6.07, 6.45) is 2.70. The topological polar surface area (TPSA) is 60.4 Å². The quantitative estimate of drug-likeness (QED) is 0.352. The zero-order valence-electron chi connectivity index (χ0n) is 9.99. The second-order valence-corrected chi connectivity index (χ2v) is 5.09. The maximum atomic E-state index is 11.4. The second kappa shape index (κ2) is 9.51. The summed E-state index contributed by atoms with van der Waals surface area (Å²) < 4.78 is 16.0. The standard InChI is InChI=1S/C11H20O4S/c1-3-5-6-7-16(14)9-10(12)8-11(13)15-4-2/h3-9H2,1-2H3. The molecule has 0 aliphatic heterocycles. The molecule has 1 atom stereocenters. The van der Waals surface area contributed by atoms with Gasteiger partial charge in [0, 0.05) is 16.6 Å². The minimum absolute atomic E-state index is 0.0253. The van der Waals surface area contributed by atoms with E-state index in [0.29, 0.717) is 5.75 Å². The molecule has 0 rings (SSSR count). The number of ketones is 1. The third kappa shape index (κ3) is 8.59. The molecule has 0 heterocycles. The Labute approximate surface area is 99.2 Å². The molecule has 0 saturated heterocycles. The number of carbonyl (C=O) groups excluding carboxylic acids is 2. The van der Waals surface area contributed by atoms with Crippen LogP contribution < -0.4 is 0 Å². The van der Waals surface area contributed by atoms with Crippen molar-refractivity contribution in [2.75, 3.05) is 18.1 Å². The summed E-state index contributed by atoms with van der Waals surface area (Å²) in [7, 11) is -1.13. The molecule has 0 fully saturated rings. The minimum Gasteiger partial charge on any atom is -0.466 e. The van der Waals surface area contributed by atoms with Crippen LogP contribution in [0.4, 0.5) is 0 Å². The van der Waals surface area contributed by atoms with Crippen LogP contribution in [0, 0.1) is 0 Å². The molecule has 0 aromatic rings. The smallest absolute Gasteiger partial charge is 0.313 e. The number of hydrogen-bond acceptors (Lipinski definition) is 4. The zero-order valence-corrected chi connectivity index (χ0v) is 10.8. The van der Waals surface area contributed by atoms with Crippen molar-refractivity contribution >= 4 is 22.6 Å². The van der Waals surface area contributed by atoms with E-state index in [-0.39, 0.29) is 24.6 Å². The van der Waals surface area contributed by atoms with E-state index in [1.54, 1.807) is 6.92 Å². The maximum absolute atomic E-state index is 11.4. The van der Waals surface area contributed by atoms with E-state index in [4.69, 9.17) is 0 Å². The highest BCUT2D eigenvalue weighted by Crippen LogP contribution is 1.98. The lowest BCUT2D eigenvalue weighted by atomic mass is 10.3. The molecule has 16 heavy (non-hydrogen) atoms. The number of ether oxygens (including phenoxy) is 1. The highest BCUT2D eigenvalue weighted by molar-refractivity contribution is 7.85. The van der Waals surface area contributed by atoms with E-state index >= 15 is 0 Å². The van der Waals surface area contributed by atoms with Gasteiger partial charge in [0.15, 0.2) is 5.78 Å². The van der Waals surface area contributed by atoms with Gasteiger partial charge in [-0.2, -0.15) is 0 Å². The molecule has 0 aliphatic carbocycles. The first-order valence-corrected chi connectivity index (χ1v) is 7.11. The highest BCUT2D eigenvalue weighted by Gasteiger charge is 2.13. The fraction of sp³-hybridized carbons (Fsp3) is 0.818. The third-order valence-corrected chi connectivity index (χ3v) is 3.33. The Morgan fingerprint density at radius 1 is 1.19 bits per heavy atom. The third-order valence-electron chi connectivity index (χ3n) is 1.94. The number of Topliss-reactive ketones (excluding diaryl/α,β-unsaturated/α-hetero) is 1. The first-order chi connectivity index (χ1) is 7.60. The van der Waals surface area contributed by atoms with Crippen molar-refractivity contribution in [1.29, 1.82) is 0 Å². The van der Waals surface area contributed by atoms with Crippen molar-refractivity contribution in [2.24, 2.45) is 0 Å². The normalized spacial score (nSPS) is 12.1. The molecule has 0 spiro atoms. The van der Waals surface area contributed by atoms with E-state index in [2.05, 4.69) is 11.7 Å². The molecule has 0 amide bonds. The van der Waals surface area contributed by atoms with Gasteiger partial charge in [-0.1, -0.05) is 19.8 Å². The SMILES string of the molecule is CCCCCS(=O)CC(=O)CC(=O)OCC. The van der Waals surface area contributed by atoms with E-state index in [1.807, 2.05) is 0 Å². The van der Waals surface area contributed by atoms with Crippen molar-refractivity contribution in [3.05, 3.63) is 0 Å². The van der Waals surface area contributed by atoms with Crippen molar-refractivity contribution in [1.82, 2.24) is 0 Å². The Hall–Kier alpha value is -0.710. The molecule has 0 aromatic heterocycles. The Morgan fingerprint density at radius 3 is 2.44 bits per heavy atom. The van der Waals surface area contributed by atoms with E-state index in [9.17, 15) is 13.8 Å². The summed E-state index contributed by atoms with van der Waals surface area (Å²) in [6.45, 7) is 4.02. The molecule has 0 bridgehead atoms. The molecule has 0 aromatic carbocycles. The van der Waals surface area contributed by atoms with Crippen LogP contribution in [0.15, 0.2) is 0 Å². The summed E-state index contributed by atoms with van der Waals surface area (Å²) in [4.78, 5) is 22.2. The van der Waals surface area contributed by atoms with E-state index in [1.165, 1.54) is 0 Å². The van der Waals surface area contributed by atoms with Gasteiger partial charge in [-0.05, 0) is 13.3 Å². The fourth-order valence-electron chi connectivity index (χ4n) is 1.19. The Bertz CT molecular complexity index is 250. The van der Waals surface area contributed by atoms with Gasteiger partial charge in [0.05, 0.1) is 12.4 Å². The van der Waals surface area contributed by atoms with E-state index < -0.39 is 16.8 Å². The average molecular weight is 248 g/mol. The molecular weight excluding hydrogens is 228 g/mol. The van der Waals surface area contributed by atoms with Crippen LogP contribution in [-0.2, 0) is 25.1 Å². The monoisotopic (exact) mass is 248 g/mol. The molecule has 0 aliphatic rings. The van der Waals surface area contributed by atoms with Crippen molar-refractivity contribution in [2.45, 2.75) is 39.5 Å². The van der Waals surface area contributed by atoms with Crippen molar-refractivity contribution in [3.63, 3.8) is 0 Å². The lowest BCUT2D eigenvalue weighted by Gasteiger charge is -2.02. The lowest BCUT2D eigenvalue weighted by molar-refractivity contribution is -0.145. The van der Waals surface area contributed by atoms with Gasteiger partial charge in [-0.25, -0.2) is 0 Å². The summed E-state index contributed by atoms with van der Waals surface area (Å²) >= 11 is 0. The molecule has 5 heteroatoms. The number of esters is 1. The summed E-state index contributed by atoms with van der Waals surface area (Å²) in [5.41, 5.74) is 0. The predicted octanol–water partition coefficient (Wildman–Crippen LogP) is 1.45. The number of carbonyl (C=O) groups is 2. The average Bonchev–Trinajstić information content (AvgIpc) is 2.17. The molecule has 94 valence electrons. The summed E-state index contributed by atoms with van der Waals surface area (Å²) in [6, 6.07) is 0. The van der Waals surface area contributed by atoms with Gasteiger partial charge in [0.25, 0.3) is 0 Å². The molecule has 1 unspecified atom stereocenters. The fourth-order valence-corrected chi connectivity index (χ4v) is 2.32. The Kier molecular flexibility index (Phi) is 9.09. The van der Waals surface area contributed by atoms with Crippen LogP contribution in [0.5, 0.6) is 0 Å². The van der Waals surface area contributed by atoms with Gasteiger partial charge in [-0.15, -0.1) is 0 Å². The van der Waals surface area contributed by atoms with Gasteiger partial charge >= 0.3 is 5.97 Å². The van der Waals surface area contributed by atoms with Gasteiger partial charge in [-0.3, -0.25) is 13.8 Å². The number of hydrogen-bond donors (Lipinski definition) is 0. The van der Waals surface area contributed by atoms with Crippen LogP contribution in [0.1, 0.15) is 39.5 Å². The Morgan fingerprint density at radius 2 is 1.88 bits per heavy atom. The Balaban J connectivity index is 3.69. The van der Waals surface area contributed by atoms with Crippen molar-refractivity contribution < 1.29 is 18.5 Å². The summed E-state index contributed by atoms with van der Waals surface area (Å²) in [5.74, 6) is -0.309. The highest BCUT2D eigenvalue weighted by atomic mass is 32.2. The number of rotatable bonds is 9. The van der Waals surface area contributed by atoms with Gasteiger partial charge in [0.1, 0.15) is 6.42 Å². The molecular formula is C11H20O4S.